The summed E-state index contributed by atoms with van der Waals surface area (Å²) in [6.07, 6.45) is 8.34. The predicted octanol–water partition coefficient (Wildman–Crippen LogP) is 6.83. The molecule has 192 valence electrons. The van der Waals surface area contributed by atoms with Gasteiger partial charge in [-0.3, -0.25) is 14.9 Å². The predicted molar refractivity (Wildman–Crippen MR) is 145 cm³/mol. The molecule has 1 saturated heterocycles. The molecule has 0 radical (unpaired) electrons. The lowest BCUT2D eigenvalue weighted by atomic mass is 10.1. The zero-order valence-electron chi connectivity index (χ0n) is 20.7. The van der Waals surface area contributed by atoms with Crippen molar-refractivity contribution in [2.45, 2.75) is 52.4 Å². The van der Waals surface area contributed by atoms with E-state index in [4.69, 9.17) is 21.1 Å². The fraction of sp³-hybridized carbons (Fsp3) is 0.370. The number of aryl methyl sites for hydroxylation is 1. The van der Waals surface area contributed by atoms with Gasteiger partial charge in [0, 0.05) is 5.02 Å². The van der Waals surface area contributed by atoms with E-state index in [1.54, 1.807) is 31.2 Å². The van der Waals surface area contributed by atoms with E-state index in [9.17, 15) is 14.4 Å². The number of hydrogen-bond acceptors (Lipinski definition) is 5. The zero-order chi connectivity index (χ0) is 26.2. The summed E-state index contributed by atoms with van der Waals surface area (Å²) in [6, 6.07) is 7.46. The van der Waals surface area contributed by atoms with Crippen molar-refractivity contribution in [1.82, 2.24) is 5.32 Å². The first-order valence-electron chi connectivity index (χ1n) is 11.9. The first kappa shape index (κ1) is 27.7. The molecular formula is C27H30BrClN2O5. The molecule has 2 aromatic rings. The minimum absolute atomic E-state index is 0.191. The van der Waals surface area contributed by atoms with Crippen LogP contribution in [0.3, 0.4) is 0 Å². The number of imide groups is 2. The minimum atomic E-state index is -0.829. The van der Waals surface area contributed by atoms with E-state index < -0.39 is 17.8 Å². The fourth-order valence-electron chi connectivity index (χ4n) is 3.89. The maximum Gasteiger partial charge on any atom is 0.335 e. The van der Waals surface area contributed by atoms with Crippen molar-refractivity contribution in [2.75, 3.05) is 18.6 Å². The summed E-state index contributed by atoms with van der Waals surface area (Å²) in [5.41, 5.74) is 1.30. The van der Waals surface area contributed by atoms with Crippen LogP contribution in [-0.4, -0.2) is 31.6 Å². The second kappa shape index (κ2) is 12.9. The van der Waals surface area contributed by atoms with E-state index in [-0.39, 0.29) is 5.57 Å². The van der Waals surface area contributed by atoms with Crippen LogP contribution < -0.4 is 19.7 Å². The van der Waals surface area contributed by atoms with Gasteiger partial charge in [-0.2, -0.15) is 0 Å². The number of ether oxygens (including phenoxy) is 2. The molecule has 0 aromatic heterocycles. The van der Waals surface area contributed by atoms with Gasteiger partial charge in [0.1, 0.15) is 5.57 Å². The molecule has 36 heavy (non-hydrogen) atoms. The van der Waals surface area contributed by atoms with Gasteiger partial charge in [-0.15, -0.1) is 0 Å². The average Bonchev–Trinajstić information content (AvgIpc) is 2.84. The highest BCUT2D eigenvalue weighted by molar-refractivity contribution is 9.10. The van der Waals surface area contributed by atoms with Gasteiger partial charge >= 0.3 is 6.03 Å². The van der Waals surface area contributed by atoms with Gasteiger partial charge in [-0.05, 0) is 70.7 Å². The number of unbranched alkanes of at least 4 members (excludes halogenated alkanes) is 5. The number of carbonyl (C=O) groups excluding carboxylic acids is 3. The second-order valence-corrected chi connectivity index (χ2v) is 9.83. The smallest absolute Gasteiger partial charge is 0.335 e. The third-order valence-corrected chi connectivity index (χ3v) is 6.64. The SMILES string of the molecule is CCCCCCCCOc1c(Br)cc(/C=C2\C(=O)NC(=O)N(c3cc(Cl)ccc3C)C2=O)cc1OC. The Balaban J connectivity index is 1.82. The number of barbiturate groups is 1. The second-order valence-electron chi connectivity index (χ2n) is 8.54. The van der Waals surface area contributed by atoms with Crippen LogP contribution in [0.4, 0.5) is 10.5 Å². The molecule has 0 spiro atoms. The van der Waals surface area contributed by atoms with Gasteiger partial charge < -0.3 is 9.47 Å². The number of nitrogens with one attached hydrogen (secondary N) is 1. The van der Waals surface area contributed by atoms with Crippen molar-refractivity contribution in [3.05, 3.63) is 56.5 Å². The molecule has 1 aliphatic heterocycles. The molecule has 0 saturated carbocycles. The first-order chi connectivity index (χ1) is 17.3. The lowest BCUT2D eigenvalue weighted by molar-refractivity contribution is -0.122. The highest BCUT2D eigenvalue weighted by atomic mass is 79.9. The summed E-state index contributed by atoms with van der Waals surface area (Å²) in [5.74, 6) is -0.504. The van der Waals surface area contributed by atoms with Gasteiger partial charge in [0.25, 0.3) is 11.8 Å². The van der Waals surface area contributed by atoms with Crippen LogP contribution in [0.5, 0.6) is 11.5 Å². The van der Waals surface area contributed by atoms with Crippen molar-refractivity contribution in [3.63, 3.8) is 0 Å². The van der Waals surface area contributed by atoms with E-state index in [0.29, 0.717) is 44.4 Å². The molecule has 0 bridgehead atoms. The van der Waals surface area contributed by atoms with Gasteiger partial charge in [-0.25, -0.2) is 9.69 Å². The third-order valence-electron chi connectivity index (χ3n) is 5.82. The maximum absolute atomic E-state index is 13.3. The van der Waals surface area contributed by atoms with Crippen LogP contribution in [0.25, 0.3) is 6.08 Å². The van der Waals surface area contributed by atoms with Crippen LogP contribution in [0.15, 0.2) is 40.4 Å². The summed E-state index contributed by atoms with van der Waals surface area (Å²) >= 11 is 9.60. The summed E-state index contributed by atoms with van der Waals surface area (Å²) in [6.45, 7) is 4.50. The standard InChI is InChI=1S/C27H30BrClN2O5/c1-4-5-6-7-8-9-12-36-24-21(28)14-18(15-23(24)35-3)13-20-25(32)30-27(34)31(26(20)33)22-16-19(29)11-10-17(22)2/h10-11,13-16H,4-9,12H2,1-3H3,(H,30,32,34)/b20-13+. The molecule has 3 rings (SSSR count). The van der Waals surface area contributed by atoms with Crippen LogP contribution >= 0.6 is 27.5 Å². The Labute approximate surface area is 224 Å². The summed E-state index contributed by atoms with van der Waals surface area (Å²) < 4.78 is 12.1. The molecule has 0 unspecified atom stereocenters. The Morgan fingerprint density at radius 3 is 2.50 bits per heavy atom. The third kappa shape index (κ3) is 6.68. The van der Waals surface area contributed by atoms with E-state index in [1.807, 2.05) is 0 Å². The molecule has 7 nitrogen and oxygen atoms in total. The van der Waals surface area contributed by atoms with Crippen molar-refractivity contribution in [2.24, 2.45) is 0 Å². The number of rotatable bonds is 11. The van der Waals surface area contributed by atoms with Crippen molar-refractivity contribution < 1.29 is 23.9 Å². The Morgan fingerprint density at radius 2 is 1.78 bits per heavy atom. The maximum atomic E-state index is 13.3. The number of anilines is 1. The van der Waals surface area contributed by atoms with Crippen LogP contribution in [0, 0.1) is 6.92 Å². The molecule has 0 aliphatic carbocycles. The molecule has 9 heteroatoms. The van der Waals surface area contributed by atoms with E-state index in [0.717, 1.165) is 17.7 Å². The van der Waals surface area contributed by atoms with Crippen LogP contribution in [0.2, 0.25) is 5.02 Å². The van der Waals surface area contributed by atoms with Crippen molar-refractivity contribution >= 4 is 57.1 Å². The van der Waals surface area contributed by atoms with E-state index in [1.165, 1.54) is 44.9 Å². The van der Waals surface area contributed by atoms with Gasteiger partial charge in [-0.1, -0.05) is 56.7 Å². The topological polar surface area (TPSA) is 84.9 Å². The summed E-state index contributed by atoms with van der Waals surface area (Å²) in [7, 11) is 1.52. The van der Waals surface area contributed by atoms with Gasteiger partial charge in [0.05, 0.1) is 23.9 Å². The first-order valence-corrected chi connectivity index (χ1v) is 13.1. The van der Waals surface area contributed by atoms with Gasteiger partial charge in [0.15, 0.2) is 11.5 Å². The molecular weight excluding hydrogens is 548 g/mol. The summed E-state index contributed by atoms with van der Waals surface area (Å²) in [4.78, 5) is 39.3. The Kier molecular flexibility index (Phi) is 9.96. The highest BCUT2D eigenvalue weighted by Crippen LogP contribution is 2.38. The molecule has 1 aliphatic rings. The normalized spacial score (nSPS) is 14.9. The average molecular weight is 578 g/mol. The van der Waals surface area contributed by atoms with Gasteiger partial charge in [0.2, 0.25) is 0 Å². The lowest BCUT2D eigenvalue weighted by Gasteiger charge is -2.27. The molecule has 4 amide bonds. The Bertz CT molecular complexity index is 1180. The van der Waals surface area contributed by atoms with E-state index >= 15 is 0 Å². The molecule has 1 N–H and O–H groups in total. The van der Waals surface area contributed by atoms with Crippen molar-refractivity contribution in [3.8, 4) is 11.5 Å². The molecule has 1 fully saturated rings. The monoisotopic (exact) mass is 576 g/mol. The van der Waals surface area contributed by atoms with Crippen LogP contribution in [0.1, 0.15) is 56.6 Å². The lowest BCUT2D eigenvalue weighted by Crippen LogP contribution is -2.54. The number of amides is 4. The molecule has 0 atom stereocenters. The Hall–Kier alpha value is -2.84. The highest BCUT2D eigenvalue weighted by Gasteiger charge is 2.37. The van der Waals surface area contributed by atoms with Crippen LogP contribution in [-0.2, 0) is 9.59 Å². The molecule has 2 aromatic carbocycles. The number of urea groups is 1. The number of nitrogens with zero attached hydrogens (tertiary/aromatic N) is 1. The number of halogens is 2. The minimum Gasteiger partial charge on any atom is -0.493 e. The fourth-order valence-corrected chi connectivity index (χ4v) is 4.63. The molecule has 1 heterocycles. The Morgan fingerprint density at radius 1 is 1.06 bits per heavy atom. The quantitative estimate of drug-likeness (QED) is 0.180. The van der Waals surface area contributed by atoms with Crippen molar-refractivity contribution in [1.29, 1.82) is 0 Å². The number of methoxy groups -OCH3 is 1. The van der Waals surface area contributed by atoms with E-state index in [2.05, 4.69) is 28.2 Å². The number of carbonyl (C=O) groups is 3. The summed E-state index contributed by atoms with van der Waals surface area (Å²) in [5, 5.41) is 2.60. The number of hydrogen-bond donors (Lipinski definition) is 1. The largest absolute Gasteiger partial charge is 0.493 e. The number of benzene rings is 2. The zero-order valence-corrected chi connectivity index (χ0v) is 23.0.